The minimum atomic E-state index is -0.108. The Kier molecular flexibility index (Phi) is 5.81. The fraction of sp³-hybridized carbons (Fsp3) is 0.333. The van der Waals surface area contributed by atoms with Crippen molar-refractivity contribution in [2.45, 2.75) is 26.1 Å². The highest BCUT2D eigenvalue weighted by atomic mass is 16.5. The summed E-state index contributed by atoms with van der Waals surface area (Å²) in [6.45, 7) is 5.54. The van der Waals surface area contributed by atoms with Crippen LogP contribution >= 0.6 is 0 Å². The molecule has 1 aromatic carbocycles. The van der Waals surface area contributed by atoms with Crippen molar-refractivity contribution in [3.8, 4) is 0 Å². The van der Waals surface area contributed by atoms with Crippen LogP contribution in [-0.4, -0.2) is 51.5 Å². The number of carbonyl (C=O) groups excluding carboxylic acids is 1. The molecule has 0 radical (unpaired) electrons. The van der Waals surface area contributed by atoms with Crippen LogP contribution in [0.25, 0.3) is 0 Å². The molecule has 8 heteroatoms. The molecule has 1 amide bonds. The highest BCUT2D eigenvalue weighted by Gasteiger charge is 2.17. The number of hydrogen-bond acceptors (Lipinski definition) is 6. The Labute approximate surface area is 169 Å². The van der Waals surface area contributed by atoms with E-state index in [0.717, 1.165) is 36.6 Å². The molecule has 4 rings (SSSR count). The quantitative estimate of drug-likeness (QED) is 0.689. The highest BCUT2D eigenvalue weighted by molar-refractivity contribution is 5.94. The normalized spacial score (nSPS) is 16.6. The Balaban J connectivity index is 1.30. The van der Waals surface area contributed by atoms with Gasteiger partial charge in [-0.3, -0.25) is 4.79 Å². The molecule has 3 heterocycles. The lowest BCUT2D eigenvalue weighted by atomic mass is 10.1. The van der Waals surface area contributed by atoms with Crippen LogP contribution in [0.3, 0.4) is 0 Å². The number of rotatable bonds is 6. The largest absolute Gasteiger partial charge is 0.375 e. The zero-order valence-corrected chi connectivity index (χ0v) is 16.4. The lowest BCUT2D eigenvalue weighted by Crippen LogP contribution is -2.41. The van der Waals surface area contributed by atoms with Crippen LogP contribution in [0.1, 0.15) is 28.4 Å². The van der Waals surface area contributed by atoms with Crippen molar-refractivity contribution in [1.82, 2.24) is 25.1 Å². The molecule has 0 bridgehead atoms. The molecule has 1 saturated heterocycles. The van der Waals surface area contributed by atoms with Crippen LogP contribution in [0.2, 0.25) is 0 Å². The molecule has 0 saturated carbocycles. The molecule has 1 aliphatic heterocycles. The summed E-state index contributed by atoms with van der Waals surface area (Å²) in [4.78, 5) is 23.1. The highest BCUT2D eigenvalue weighted by Crippen LogP contribution is 2.15. The van der Waals surface area contributed by atoms with Gasteiger partial charge in [-0.05, 0) is 36.2 Å². The molecule has 1 aliphatic rings. The fourth-order valence-corrected chi connectivity index (χ4v) is 3.28. The number of aromatic nitrogens is 4. The predicted molar refractivity (Wildman–Crippen MR) is 109 cm³/mol. The molecular weight excluding hydrogens is 368 g/mol. The third kappa shape index (κ3) is 4.97. The standard InChI is InChI=1S/C21H24N6O2/c1-16-12-26(8-9-29-16)20-7-4-18(10-23-20)11-24-21(28)19-5-2-17(3-6-19)13-27-15-22-14-25-27/h2-7,10,14-16H,8-9,11-13H2,1H3,(H,24,28). The van der Waals surface area contributed by atoms with Crippen molar-refractivity contribution in [2.75, 3.05) is 24.6 Å². The van der Waals surface area contributed by atoms with Gasteiger partial charge in [-0.2, -0.15) is 5.10 Å². The number of nitrogens with zero attached hydrogens (tertiary/aromatic N) is 5. The maximum Gasteiger partial charge on any atom is 0.251 e. The lowest BCUT2D eigenvalue weighted by Gasteiger charge is -2.32. The van der Waals surface area contributed by atoms with Crippen LogP contribution in [0, 0.1) is 0 Å². The molecule has 1 N–H and O–H groups in total. The number of nitrogens with one attached hydrogen (secondary N) is 1. The second-order valence-electron chi connectivity index (χ2n) is 7.12. The van der Waals surface area contributed by atoms with Gasteiger partial charge in [-0.25, -0.2) is 14.6 Å². The van der Waals surface area contributed by atoms with Gasteiger partial charge in [0, 0.05) is 31.4 Å². The van der Waals surface area contributed by atoms with Crippen molar-refractivity contribution >= 4 is 11.7 Å². The summed E-state index contributed by atoms with van der Waals surface area (Å²) in [6.07, 6.45) is 5.20. The Morgan fingerprint density at radius 3 is 2.72 bits per heavy atom. The number of pyridine rings is 1. The summed E-state index contributed by atoms with van der Waals surface area (Å²) in [5, 5.41) is 7.03. The number of ether oxygens (including phenoxy) is 1. The Morgan fingerprint density at radius 2 is 2.03 bits per heavy atom. The van der Waals surface area contributed by atoms with Crippen molar-refractivity contribution < 1.29 is 9.53 Å². The number of benzene rings is 1. The summed E-state index contributed by atoms with van der Waals surface area (Å²) in [6, 6.07) is 11.5. The van der Waals surface area contributed by atoms with E-state index in [9.17, 15) is 4.79 Å². The minimum Gasteiger partial charge on any atom is -0.375 e. The number of anilines is 1. The van der Waals surface area contributed by atoms with Crippen LogP contribution in [-0.2, 0) is 17.8 Å². The average molecular weight is 392 g/mol. The van der Waals surface area contributed by atoms with Gasteiger partial charge in [-0.15, -0.1) is 0 Å². The van der Waals surface area contributed by atoms with E-state index in [2.05, 4.69) is 32.2 Å². The second kappa shape index (κ2) is 8.83. The number of hydrogen-bond donors (Lipinski definition) is 1. The summed E-state index contributed by atoms with van der Waals surface area (Å²) >= 11 is 0. The molecule has 29 heavy (non-hydrogen) atoms. The summed E-state index contributed by atoms with van der Waals surface area (Å²) in [5.41, 5.74) is 2.65. The smallest absolute Gasteiger partial charge is 0.251 e. The van der Waals surface area contributed by atoms with E-state index >= 15 is 0 Å². The predicted octanol–water partition coefficient (Wildman–Crippen LogP) is 1.88. The van der Waals surface area contributed by atoms with Crippen molar-refractivity contribution in [2.24, 2.45) is 0 Å². The second-order valence-corrected chi connectivity index (χ2v) is 7.12. The Bertz CT molecular complexity index is 925. The maximum absolute atomic E-state index is 12.4. The van der Waals surface area contributed by atoms with Gasteiger partial charge in [0.05, 0.1) is 19.3 Å². The fourth-order valence-electron chi connectivity index (χ4n) is 3.28. The van der Waals surface area contributed by atoms with Crippen molar-refractivity contribution in [3.63, 3.8) is 0 Å². The molecule has 0 aliphatic carbocycles. The monoisotopic (exact) mass is 392 g/mol. The SMILES string of the molecule is CC1CN(c2ccc(CNC(=O)c3ccc(Cn4cncn4)cc3)cn2)CCO1. The minimum absolute atomic E-state index is 0.108. The van der Waals surface area contributed by atoms with Gasteiger partial charge >= 0.3 is 0 Å². The van der Waals surface area contributed by atoms with E-state index in [1.165, 1.54) is 6.33 Å². The van der Waals surface area contributed by atoms with Crippen LogP contribution in [0.15, 0.2) is 55.2 Å². The zero-order chi connectivity index (χ0) is 20.1. The molecule has 1 unspecified atom stereocenters. The van der Waals surface area contributed by atoms with E-state index in [1.807, 2.05) is 42.6 Å². The third-order valence-corrected chi connectivity index (χ3v) is 4.85. The molecule has 2 aromatic heterocycles. The molecule has 150 valence electrons. The van der Waals surface area contributed by atoms with E-state index in [4.69, 9.17) is 4.74 Å². The first-order chi connectivity index (χ1) is 14.2. The number of morpholine rings is 1. The van der Waals surface area contributed by atoms with Crippen LogP contribution in [0.4, 0.5) is 5.82 Å². The summed E-state index contributed by atoms with van der Waals surface area (Å²) < 4.78 is 7.31. The van der Waals surface area contributed by atoms with Gasteiger partial charge in [0.1, 0.15) is 18.5 Å². The third-order valence-electron chi connectivity index (χ3n) is 4.85. The van der Waals surface area contributed by atoms with E-state index in [-0.39, 0.29) is 12.0 Å². The van der Waals surface area contributed by atoms with Gasteiger partial charge < -0.3 is 15.0 Å². The first kappa shape index (κ1) is 19.1. The first-order valence-corrected chi connectivity index (χ1v) is 9.68. The van der Waals surface area contributed by atoms with Crippen molar-refractivity contribution in [3.05, 3.63) is 71.9 Å². The number of amides is 1. The summed E-state index contributed by atoms with van der Waals surface area (Å²) in [5.74, 6) is 0.835. The van der Waals surface area contributed by atoms with Crippen LogP contribution in [0.5, 0.6) is 0 Å². The molecule has 1 fully saturated rings. The zero-order valence-electron chi connectivity index (χ0n) is 16.4. The van der Waals surface area contributed by atoms with Gasteiger partial charge in [0.25, 0.3) is 5.91 Å². The number of carbonyl (C=O) groups is 1. The lowest BCUT2D eigenvalue weighted by molar-refractivity contribution is 0.0529. The van der Waals surface area contributed by atoms with E-state index in [0.29, 0.717) is 18.7 Å². The first-order valence-electron chi connectivity index (χ1n) is 9.68. The molecular formula is C21H24N6O2. The van der Waals surface area contributed by atoms with E-state index < -0.39 is 0 Å². The maximum atomic E-state index is 12.4. The summed E-state index contributed by atoms with van der Waals surface area (Å²) in [7, 11) is 0. The van der Waals surface area contributed by atoms with Gasteiger partial charge in [0.15, 0.2) is 0 Å². The molecule has 0 spiro atoms. The topological polar surface area (TPSA) is 85.2 Å². The van der Waals surface area contributed by atoms with Crippen LogP contribution < -0.4 is 10.2 Å². The van der Waals surface area contributed by atoms with Gasteiger partial charge in [-0.1, -0.05) is 18.2 Å². The Morgan fingerprint density at radius 1 is 1.21 bits per heavy atom. The molecule has 3 aromatic rings. The molecule has 8 nitrogen and oxygen atoms in total. The molecule has 1 atom stereocenters. The average Bonchev–Trinajstić information content (AvgIpc) is 3.26. The Hall–Kier alpha value is -3.26. The van der Waals surface area contributed by atoms with Crippen molar-refractivity contribution in [1.29, 1.82) is 0 Å². The van der Waals surface area contributed by atoms with E-state index in [1.54, 1.807) is 11.0 Å². The van der Waals surface area contributed by atoms with Gasteiger partial charge in [0.2, 0.25) is 0 Å².